The largest absolute Gasteiger partial charge is 0.508 e. The predicted octanol–water partition coefficient (Wildman–Crippen LogP) is 2.85. The van der Waals surface area contributed by atoms with Crippen LogP contribution in [0.25, 0.3) is 0 Å². The Balaban J connectivity index is 1.95. The van der Waals surface area contributed by atoms with E-state index in [1.807, 2.05) is 30.3 Å². The van der Waals surface area contributed by atoms with Crippen LogP contribution in [0.15, 0.2) is 68.0 Å². The lowest BCUT2D eigenvalue weighted by atomic mass is 10.0. The molecule has 0 amide bonds. The summed E-state index contributed by atoms with van der Waals surface area (Å²) in [6, 6.07) is 14.5. The van der Waals surface area contributed by atoms with Crippen molar-refractivity contribution in [3.63, 3.8) is 0 Å². The van der Waals surface area contributed by atoms with Gasteiger partial charge in [0.25, 0.3) is 5.56 Å². The minimum atomic E-state index is -0.607. The number of phenolic OH excluding ortho intramolecular Hbond substituents is 1. The highest BCUT2D eigenvalue weighted by Crippen LogP contribution is 2.46. The fourth-order valence-electron chi connectivity index (χ4n) is 3.37. The normalized spacial score (nSPS) is 16.1. The van der Waals surface area contributed by atoms with Gasteiger partial charge in [-0.15, -0.1) is 11.8 Å². The monoisotopic (exact) mass is 409 g/mol. The number of nitrogens with zero attached hydrogens (tertiary/aromatic N) is 3. The average molecular weight is 409 g/mol. The van der Waals surface area contributed by atoms with Gasteiger partial charge in [0.2, 0.25) is 5.88 Å². The summed E-state index contributed by atoms with van der Waals surface area (Å²) in [5, 5.41) is 20.4. The SMILES string of the molecule is Cn1c(O)c(C2=Nc3ccccc3S[C@@H](c3cccc(O)c3)C2)c(=O)n(C)c1=O. The highest BCUT2D eigenvalue weighted by atomic mass is 32.2. The van der Waals surface area contributed by atoms with Crippen molar-refractivity contribution in [2.45, 2.75) is 16.6 Å². The Bertz CT molecular complexity index is 1260. The highest BCUT2D eigenvalue weighted by Gasteiger charge is 2.27. The Morgan fingerprint density at radius 1 is 1.03 bits per heavy atom. The second kappa shape index (κ2) is 7.29. The topological polar surface area (TPSA) is 96.8 Å². The summed E-state index contributed by atoms with van der Waals surface area (Å²) in [5.41, 5.74) is 0.765. The highest BCUT2D eigenvalue weighted by molar-refractivity contribution is 7.99. The molecule has 0 aliphatic carbocycles. The molecule has 0 saturated heterocycles. The summed E-state index contributed by atoms with van der Waals surface area (Å²) in [6.45, 7) is 0. The number of benzene rings is 2. The number of hydrogen-bond acceptors (Lipinski definition) is 6. The minimum Gasteiger partial charge on any atom is -0.508 e. The van der Waals surface area contributed by atoms with Crippen LogP contribution in [0, 0.1) is 0 Å². The molecule has 4 rings (SSSR count). The zero-order valence-electron chi connectivity index (χ0n) is 15.9. The van der Waals surface area contributed by atoms with Crippen molar-refractivity contribution < 1.29 is 10.2 Å². The van der Waals surface area contributed by atoms with Crippen molar-refractivity contribution in [3.8, 4) is 11.6 Å². The summed E-state index contributed by atoms with van der Waals surface area (Å²) in [6.07, 6.45) is 0.337. The van der Waals surface area contributed by atoms with Gasteiger partial charge in [0.1, 0.15) is 11.3 Å². The summed E-state index contributed by atoms with van der Waals surface area (Å²) < 4.78 is 2.00. The molecular formula is C21H19N3O4S. The fourth-order valence-corrected chi connectivity index (χ4v) is 4.59. The molecular weight excluding hydrogens is 390 g/mol. The molecule has 7 nitrogen and oxygen atoms in total. The van der Waals surface area contributed by atoms with E-state index in [0.717, 1.165) is 19.6 Å². The number of hydrogen-bond donors (Lipinski definition) is 2. The van der Waals surface area contributed by atoms with Crippen LogP contribution < -0.4 is 11.2 Å². The molecule has 0 radical (unpaired) electrons. The predicted molar refractivity (Wildman–Crippen MR) is 113 cm³/mol. The quantitative estimate of drug-likeness (QED) is 0.678. The maximum Gasteiger partial charge on any atom is 0.333 e. The van der Waals surface area contributed by atoms with Crippen LogP contribution in [0.3, 0.4) is 0 Å². The van der Waals surface area contributed by atoms with Crippen molar-refractivity contribution in [1.29, 1.82) is 0 Å². The Morgan fingerprint density at radius 3 is 2.55 bits per heavy atom. The maximum absolute atomic E-state index is 12.8. The van der Waals surface area contributed by atoms with Gasteiger partial charge in [0, 0.05) is 30.7 Å². The van der Waals surface area contributed by atoms with Crippen LogP contribution >= 0.6 is 11.8 Å². The number of fused-ring (bicyclic) bond motifs is 1. The number of aliphatic imine (C=N–C) groups is 1. The molecule has 2 aromatic carbocycles. The van der Waals surface area contributed by atoms with Gasteiger partial charge in [-0.3, -0.25) is 18.9 Å². The van der Waals surface area contributed by atoms with Crippen LogP contribution in [0.5, 0.6) is 11.6 Å². The molecule has 148 valence electrons. The molecule has 0 unspecified atom stereocenters. The van der Waals surface area contributed by atoms with E-state index in [1.165, 1.54) is 14.1 Å². The summed E-state index contributed by atoms with van der Waals surface area (Å²) in [7, 11) is 2.79. The third-order valence-electron chi connectivity index (χ3n) is 4.93. The lowest BCUT2D eigenvalue weighted by Crippen LogP contribution is -2.40. The van der Waals surface area contributed by atoms with E-state index in [1.54, 1.807) is 30.0 Å². The Morgan fingerprint density at radius 2 is 1.79 bits per heavy atom. The molecule has 0 bridgehead atoms. The summed E-state index contributed by atoms with van der Waals surface area (Å²) in [4.78, 5) is 30.6. The molecule has 29 heavy (non-hydrogen) atoms. The number of aromatic hydroxyl groups is 2. The van der Waals surface area contributed by atoms with Gasteiger partial charge in [-0.2, -0.15) is 0 Å². The number of rotatable bonds is 2. The van der Waals surface area contributed by atoms with Gasteiger partial charge < -0.3 is 10.2 Å². The lowest BCUT2D eigenvalue weighted by molar-refractivity contribution is 0.410. The van der Waals surface area contributed by atoms with Gasteiger partial charge in [-0.05, 0) is 29.8 Å². The second-order valence-electron chi connectivity index (χ2n) is 6.84. The molecule has 1 aromatic heterocycles. The average Bonchev–Trinajstić information content (AvgIpc) is 2.90. The molecule has 2 heterocycles. The van der Waals surface area contributed by atoms with Crippen LogP contribution in [0.4, 0.5) is 5.69 Å². The van der Waals surface area contributed by atoms with Gasteiger partial charge in [-0.25, -0.2) is 4.79 Å². The van der Waals surface area contributed by atoms with Gasteiger partial charge in [0.15, 0.2) is 0 Å². The number of thioether (sulfide) groups is 1. The zero-order chi connectivity index (χ0) is 20.7. The van der Waals surface area contributed by atoms with E-state index in [2.05, 4.69) is 4.99 Å². The van der Waals surface area contributed by atoms with Crippen molar-refractivity contribution in [1.82, 2.24) is 9.13 Å². The fraction of sp³-hybridized carbons (Fsp3) is 0.190. The number of para-hydroxylation sites is 1. The van der Waals surface area contributed by atoms with E-state index in [9.17, 15) is 19.8 Å². The first kappa shape index (κ1) is 19.1. The van der Waals surface area contributed by atoms with E-state index in [-0.39, 0.29) is 16.6 Å². The Hall–Kier alpha value is -3.26. The number of aromatic nitrogens is 2. The smallest absolute Gasteiger partial charge is 0.333 e. The summed E-state index contributed by atoms with van der Waals surface area (Å²) >= 11 is 1.58. The Kier molecular flexibility index (Phi) is 4.79. The zero-order valence-corrected chi connectivity index (χ0v) is 16.7. The maximum atomic E-state index is 12.8. The molecule has 0 fully saturated rings. The summed E-state index contributed by atoms with van der Waals surface area (Å²) in [5.74, 6) is -0.254. The first-order chi connectivity index (χ1) is 13.9. The third-order valence-corrected chi connectivity index (χ3v) is 6.26. The van der Waals surface area contributed by atoms with Crippen molar-refractivity contribution in [3.05, 3.63) is 80.5 Å². The van der Waals surface area contributed by atoms with Crippen LogP contribution in [-0.2, 0) is 14.1 Å². The van der Waals surface area contributed by atoms with Crippen molar-refractivity contribution in [2.24, 2.45) is 19.1 Å². The first-order valence-corrected chi connectivity index (χ1v) is 9.86. The standard InChI is InChI=1S/C21H19N3O4S/c1-23-19(26)18(20(27)24(2)21(23)28)15-11-17(12-6-5-7-13(25)10-12)29-16-9-4-3-8-14(16)22-15/h3-10,17,25-26H,11H2,1-2H3/t17-/m1/s1. The molecule has 1 aliphatic heterocycles. The van der Waals surface area contributed by atoms with E-state index in [0.29, 0.717) is 17.8 Å². The molecule has 0 spiro atoms. The number of phenols is 1. The molecule has 1 atom stereocenters. The van der Waals surface area contributed by atoms with Crippen molar-refractivity contribution in [2.75, 3.05) is 0 Å². The molecule has 1 aliphatic rings. The van der Waals surface area contributed by atoms with Gasteiger partial charge in [0.05, 0.1) is 11.4 Å². The van der Waals surface area contributed by atoms with E-state index >= 15 is 0 Å². The second-order valence-corrected chi connectivity index (χ2v) is 8.08. The lowest BCUT2D eigenvalue weighted by Gasteiger charge is -2.17. The van der Waals surface area contributed by atoms with Gasteiger partial charge in [-0.1, -0.05) is 24.3 Å². The minimum absolute atomic E-state index is 0.0112. The van der Waals surface area contributed by atoms with E-state index in [4.69, 9.17) is 0 Å². The third kappa shape index (κ3) is 3.36. The van der Waals surface area contributed by atoms with Gasteiger partial charge >= 0.3 is 5.69 Å². The molecule has 3 aromatic rings. The van der Waals surface area contributed by atoms with Crippen LogP contribution in [0.1, 0.15) is 22.8 Å². The van der Waals surface area contributed by atoms with E-state index < -0.39 is 17.1 Å². The van der Waals surface area contributed by atoms with Crippen LogP contribution in [0.2, 0.25) is 0 Å². The van der Waals surface area contributed by atoms with Crippen LogP contribution in [-0.4, -0.2) is 25.1 Å². The Labute approximate surface area is 170 Å². The molecule has 0 saturated carbocycles. The molecule has 2 N–H and O–H groups in total. The van der Waals surface area contributed by atoms with Crippen molar-refractivity contribution >= 4 is 23.2 Å². The molecule has 8 heteroatoms. The first-order valence-electron chi connectivity index (χ1n) is 8.98.